The third kappa shape index (κ3) is 2.15. The molecule has 108 valence electrons. The van der Waals surface area contributed by atoms with Gasteiger partial charge in [0.2, 0.25) is 5.78 Å². The lowest BCUT2D eigenvalue weighted by molar-refractivity contribution is 0.712. The van der Waals surface area contributed by atoms with Gasteiger partial charge in [0.15, 0.2) is 0 Å². The summed E-state index contributed by atoms with van der Waals surface area (Å²) in [5, 5.41) is 2.09. The lowest BCUT2D eigenvalue weighted by Crippen LogP contribution is -1.97. The molecule has 0 N–H and O–H groups in total. The fraction of sp³-hybridized carbons (Fsp3) is 0.188. The Bertz CT molecular complexity index is 874. The van der Waals surface area contributed by atoms with E-state index in [1.165, 1.54) is 15.9 Å². The van der Waals surface area contributed by atoms with Crippen molar-refractivity contribution in [2.24, 2.45) is 0 Å². The molecular weight excluding hydrogens is 302 g/mol. The fourth-order valence-corrected chi connectivity index (χ4v) is 3.41. The number of rotatable bonds is 3. The van der Waals surface area contributed by atoms with Crippen LogP contribution in [0, 0.1) is 0 Å². The smallest absolute Gasteiger partial charge is 0.215 e. The second kappa shape index (κ2) is 5.54. The van der Waals surface area contributed by atoms with Gasteiger partial charge in [-0.2, -0.15) is 0 Å². The van der Waals surface area contributed by atoms with E-state index in [4.69, 9.17) is 4.98 Å². The summed E-state index contributed by atoms with van der Waals surface area (Å²) in [6.07, 6.45) is 3.26. The third-order valence-corrected chi connectivity index (χ3v) is 4.47. The Morgan fingerprint density at radius 3 is 2.62 bits per heavy atom. The Hall–Kier alpha value is -1.78. The summed E-state index contributed by atoms with van der Waals surface area (Å²) in [5.41, 5.74) is 3.55. The Balaban J connectivity index is 0.00000132. The number of halogens is 1. The number of aromatic nitrogens is 3. The van der Waals surface area contributed by atoms with E-state index in [1.54, 1.807) is 11.3 Å². The fourth-order valence-electron chi connectivity index (χ4n) is 2.73. The highest BCUT2D eigenvalue weighted by Crippen LogP contribution is 2.28. The van der Waals surface area contributed by atoms with Crippen molar-refractivity contribution in [1.82, 2.24) is 14.0 Å². The number of para-hydroxylation sites is 2. The zero-order valence-electron chi connectivity index (χ0n) is 11.7. The van der Waals surface area contributed by atoms with Gasteiger partial charge in [-0.25, -0.2) is 4.98 Å². The van der Waals surface area contributed by atoms with Gasteiger partial charge in [-0.05, 0) is 30.0 Å². The van der Waals surface area contributed by atoms with Crippen LogP contribution in [0.15, 0.2) is 48.0 Å². The van der Waals surface area contributed by atoms with E-state index < -0.39 is 0 Å². The molecule has 3 nitrogen and oxygen atoms in total. The standard InChI is InChI=1S/C16H15N3S.ClH/c1-2-9-18-13-6-3-4-7-14(13)19-11-12(17-16(18)19)15-8-5-10-20-15;/h3-8,10-11H,2,9H2,1H3;1H. The molecule has 4 rings (SSSR count). The molecule has 0 saturated carbocycles. The lowest BCUT2D eigenvalue weighted by atomic mass is 10.3. The highest BCUT2D eigenvalue weighted by atomic mass is 35.5. The molecule has 0 aliphatic rings. The van der Waals surface area contributed by atoms with E-state index in [-0.39, 0.29) is 12.4 Å². The molecule has 0 aliphatic carbocycles. The predicted octanol–water partition coefficient (Wildman–Crippen LogP) is 4.85. The maximum atomic E-state index is 4.85. The van der Waals surface area contributed by atoms with Gasteiger partial charge in [0, 0.05) is 12.7 Å². The molecule has 0 atom stereocenters. The molecule has 3 heterocycles. The number of fused-ring (bicyclic) bond motifs is 3. The second-order valence-electron chi connectivity index (χ2n) is 4.91. The van der Waals surface area contributed by atoms with Crippen molar-refractivity contribution >= 4 is 40.6 Å². The third-order valence-electron chi connectivity index (χ3n) is 3.58. The summed E-state index contributed by atoms with van der Waals surface area (Å²) >= 11 is 1.73. The largest absolute Gasteiger partial charge is 0.310 e. The van der Waals surface area contributed by atoms with Crippen LogP contribution in [-0.2, 0) is 6.54 Å². The van der Waals surface area contributed by atoms with Crippen LogP contribution in [0.4, 0.5) is 0 Å². The zero-order chi connectivity index (χ0) is 13.5. The topological polar surface area (TPSA) is 22.2 Å². The number of thiophene rings is 1. The number of hydrogen-bond donors (Lipinski definition) is 0. The van der Waals surface area contributed by atoms with Gasteiger partial charge < -0.3 is 4.57 Å². The quantitative estimate of drug-likeness (QED) is 0.529. The zero-order valence-corrected chi connectivity index (χ0v) is 13.3. The van der Waals surface area contributed by atoms with E-state index >= 15 is 0 Å². The van der Waals surface area contributed by atoms with E-state index in [0.717, 1.165) is 24.4 Å². The van der Waals surface area contributed by atoms with Crippen molar-refractivity contribution < 1.29 is 0 Å². The molecule has 0 unspecified atom stereocenters. The van der Waals surface area contributed by atoms with Gasteiger partial charge >= 0.3 is 0 Å². The van der Waals surface area contributed by atoms with E-state index in [1.807, 2.05) is 0 Å². The first-order chi connectivity index (χ1) is 9.88. The number of aryl methyl sites for hydroxylation is 1. The Morgan fingerprint density at radius 2 is 1.90 bits per heavy atom. The molecule has 0 fully saturated rings. The van der Waals surface area contributed by atoms with Crippen molar-refractivity contribution in [1.29, 1.82) is 0 Å². The van der Waals surface area contributed by atoms with E-state index in [2.05, 4.69) is 63.9 Å². The molecule has 21 heavy (non-hydrogen) atoms. The van der Waals surface area contributed by atoms with Gasteiger partial charge in [0.25, 0.3) is 0 Å². The van der Waals surface area contributed by atoms with E-state index in [9.17, 15) is 0 Å². The molecule has 0 radical (unpaired) electrons. The summed E-state index contributed by atoms with van der Waals surface area (Å²) in [4.78, 5) is 6.07. The minimum Gasteiger partial charge on any atom is -0.310 e. The van der Waals surface area contributed by atoms with Crippen molar-refractivity contribution in [2.75, 3.05) is 0 Å². The van der Waals surface area contributed by atoms with Crippen LogP contribution in [0.3, 0.4) is 0 Å². The summed E-state index contributed by atoms with van der Waals surface area (Å²) in [7, 11) is 0. The first-order valence-corrected chi connectivity index (χ1v) is 7.76. The van der Waals surface area contributed by atoms with Gasteiger partial charge in [-0.15, -0.1) is 23.7 Å². The Labute approximate surface area is 133 Å². The number of imidazole rings is 2. The summed E-state index contributed by atoms with van der Waals surface area (Å²) in [5.74, 6) is 1.04. The molecule has 0 saturated heterocycles. The monoisotopic (exact) mass is 317 g/mol. The van der Waals surface area contributed by atoms with Crippen molar-refractivity contribution in [2.45, 2.75) is 19.9 Å². The van der Waals surface area contributed by atoms with Gasteiger partial charge in [-0.3, -0.25) is 4.40 Å². The molecule has 0 aliphatic heterocycles. The number of benzene rings is 1. The summed E-state index contributed by atoms with van der Waals surface area (Å²) in [6, 6.07) is 12.7. The molecular formula is C16H16ClN3S. The molecule has 1 aromatic carbocycles. The molecule has 4 aromatic rings. The minimum atomic E-state index is 0. The normalized spacial score (nSPS) is 11.1. The van der Waals surface area contributed by atoms with Crippen molar-refractivity contribution in [3.63, 3.8) is 0 Å². The SMILES string of the molecule is CCCn1c2ccccc2n2cc(-c3cccs3)nc12.Cl. The van der Waals surface area contributed by atoms with Gasteiger partial charge in [0.05, 0.1) is 15.9 Å². The van der Waals surface area contributed by atoms with Crippen LogP contribution in [-0.4, -0.2) is 14.0 Å². The van der Waals surface area contributed by atoms with Crippen LogP contribution in [0.25, 0.3) is 27.4 Å². The van der Waals surface area contributed by atoms with Crippen LogP contribution in [0.2, 0.25) is 0 Å². The van der Waals surface area contributed by atoms with Crippen LogP contribution >= 0.6 is 23.7 Å². The van der Waals surface area contributed by atoms with Crippen LogP contribution < -0.4 is 0 Å². The first kappa shape index (κ1) is 14.2. The van der Waals surface area contributed by atoms with Crippen molar-refractivity contribution in [3.05, 3.63) is 48.0 Å². The van der Waals surface area contributed by atoms with Gasteiger partial charge in [0.1, 0.15) is 5.69 Å². The van der Waals surface area contributed by atoms with Crippen LogP contribution in [0.1, 0.15) is 13.3 Å². The molecule has 0 amide bonds. The predicted molar refractivity (Wildman–Crippen MR) is 91.5 cm³/mol. The van der Waals surface area contributed by atoms with Crippen LogP contribution in [0.5, 0.6) is 0 Å². The molecule has 3 aromatic heterocycles. The molecule has 5 heteroatoms. The lowest BCUT2D eigenvalue weighted by Gasteiger charge is -2.01. The maximum absolute atomic E-state index is 4.85. The number of nitrogens with zero attached hydrogens (tertiary/aromatic N) is 3. The van der Waals surface area contributed by atoms with Crippen molar-refractivity contribution in [3.8, 4) is 10.6 Å². The summed E-state index contributed by atoms with van der Waals surface area (Å²) < 4.78 is 4.52. The van der Waals surface area contributed by atoms with E-state index in [0.29, 0.717) is 0 Å². The second-order valence-corrected chi connectivity index (χ2v) is 5.86. The average molecular weight is 318 g/mol. The van der Waals surface area contributed by atoms with Gasteiger partial charge in [-0.1, -0.05) is 25.1 Å². The molecule has 0 spiro atoms. The minimum absolute atomic E-state index is 0. The molecule has 0 bridgehead atoms. The average Bonchev–Trinajstić information content (AvgIpc) is 3.16. The Kier molecular flexibility index (Phi) is 3.74. The highest BCUT2D eigenvalue weighted by Gasteiger charge is 2.14. The highest BCUT2D eigenvalue weighted by molar-refractivity contribution is 7.13. The first-order valence-electron chi connectivity index (χ1n) is 6.88. The Morgan fingerprint density at radius 1 is 1.10 bits per heavy atom. The maximum Gasteiger partial charge on any atom is 0.215 e. The summed E-state index contributed by atoms with van der Waals surface area (Å²) in [6.45, 7) is 3.20. The number of hydrogen-bond acceptors (Lipinski definition) is 2.